The third kappa shape index (κ3) is 2.55. The number of rotatable bonds is 5. The van der Waals surface area contributed by atoms with Crippen LogP contribution in [0.25, 0.3) is 10.8 Å². The van der Waals surface area contributed by atoms with Gasteiger partial charge in [0.05, 0.1) is 5.69 Å². The highest BCUT2D eigenvalue weighted by Crippen LogP contribution is 2.36. The molecule has 22 heavy (non-hydrogen) atoms. The predicted octanol–water partition coefficient (Wildman–Crippen LogP) is 1.48. The highest BCUT2D eigenvalue weighted by molar-refractivity contribution is 6.26. The second-order valence-corrected chi connectivity index (χ2v) is 5.73. The minimum atomic E-state index is -0.139. The molecule has 0 aromatic heterocycles. The van der Waals surface area contributed by atoms with Crippen molar-refractivity contribution in [2.45, 2.75) is 0 Å². The van der Waals surface area contributed by atoms with Crippen LogP contribution in [0.2, 0.25) is 0 Å². The van der Waals surface area contributed by atoms with E-state index in [9.17, 15) is 9.59 Å². The fraction of sp³-hybridized carbons (Fsp3) is 0.294. The van der Waals surface area contributed by atoms with Crippen molar-refractivity contribution in [3.63, 3.8) is 0 Å². The first kappa shape index (κ1) is 14.5. The van der Waals surface area contributed by atoms with Gasteiger partial charge in [-0.3, -0.25) is 14.5 Å². The van der Waals surface area contributed by atoms with Crippen molar-refractivity contribution in [3.8, 4) is 0 Å². The normalized spacial score (nSPS) is 13.2. The van der Waals surface area contributed by atoms with Crippen LogP contribution in [0.4, 0.5) is 5.69 Å². The predicted molar refractivity (Wildman–Crippen MR) is 87.2 cm³/mol. The van der Waals surface area contributed by atoms with Crippen molar-refractivity contribution in [2.75, 3.05) is 38.6 Å². The molecule has 0 atom stereocenters. The summed E-state index contributed by atoms with van der Waals surface area (Å²) >= 11 is 0. The van der Waals surface area contributed by atoms with E-state index in [2.05, 4.69) is 5.32 Å². The topological polar surface area (TPSA) is 52.7 Å². The van der Waals surface area contributed by atoms with Gasteiger partial charge in [-0.2, -0.15) is 0 Å². The van der Waals surface area contributed by atoms with Crippen molar-refractivity contribution in [1.29, 1.82) is 0 Å². The van der Waals surface area contributed by atoms with E-state index in [4.69, 9.17) is 0 Å². The molecule has 0 fully saturated rings. The minimum Gasteiger partial charge on any atom is -0.353 e. The smallest absolute Gasteiger partial charge is 0.259 e. The lowest BCUT2D eigenvalue weighted by molar-refractivity contribution is -0.119. The fourth-order valence-corrected chi connectivity index (χ4v) is 2.75. The number of anilines is 1. The molecule has 0 unspecified atom stereocenters. The number of carbonyl (C=O) groups excluding carboxylic acids is 2. The summed E-state index contributed by atoms with van der Waals surface area (Å²) < 4.78 is 0. The molecule has 2 amide bonds. The van der Waals surface area contributed by atoms with Gasteiger partial charge in [-0.15, -0.1) is 0 Å². The molecule has 0 aliphatic carbocycles. The molecular weight excluding hydrogens is 278 g/mol. The lowest BCUT2D eigenvalue weighted by atomic mass is 10.1. The molecule has 114 valence electrons. The van der Waals surface area contributed by atoms with E-state index in [1.807, 2.05) is 55.4 Å². The Bertz CT molecular complexity index is 735. The van der Waals surface area contributed by atoms with Crippen molar-refractivity contribution in [2.24, 2.45) is 0 Å². The summed E-state index contributed by atoms with van der Waals surface area (Å²) in [6, 6.07) is 11.5. The molecule has 0 spiro atoms. The van der Waals surface area contributed by atoms with Crippen LogP contribution >= 0.6 is 0 Å². The largest absolute Gasteiger partial charge is 0.353 e. The van der Waals surface area contributed by atoms with Crippen LogP contribution in [-0.2, 0) is 4.79 Å². The van der Waals surface area contributed by atoms with Crippen LogP contribution in [0, 0.1) is 0 Å². The third-order valence-corrected chi connectivity index (χ3v) is 3.83. The zero-order valence-corrected chi connectivity index (χ0v) is 12.8. The number of benzene rings is 2. The number of likely N-dealkylation sites (N-methyl/N-ethyl adjacent to an activating group) is 1. The molecule has 5 nitrogen and oxygen atoms in total. The first-order valence-corrected chi connectivity index (χ1v) is 7.33. The number of hydrogen-bond acceptors (Lipinski definition) is 3. The standard InChI is InChI=1S/C17H19N3O2/c1-19(2)10-9-18-15(21)11-20-14-8-4-6-12-5-3-7-13(16(12)14)17(20)22/h3-8H,9-11H2,1-2H3,(H,18,21). The summed E-state index contributed by atoms with van der Waals surface area (Å²) in [5.41, 5.74) is 1.50. The van der Waals surface area contributed by atoms with Gasteiger partial charge in [0.15, 0.2) is 0 Å². The van der Waals surface area contributed by atoms with E-state index in [0.29, 0.717) is 12.1 Å². The van der Waals surface area contributed by atoms with E-state index in [0.717, 1.165) is 23.0 Å². The molecule has 3 rings (SSSR count). The zero-order valence-electron chi connectivity index (χ0n) is 12.8. The quantitative estimate of drug-likeness (QED) is 0.909. The van der Waals surface area contributed by atoms with Gasteiger partial charge in [-0.25, -0.2) is 0 Å². The molecule has 2 aromatic carbocycles. The number of hydrogen-bond donors (Lipinski definition) is 1. The maximum Gasteiger partial charge on any atom is 0.259 e. The third-order valence-electron chi connectivity index (χ3n) is 3.83. The van der Waals surface area contributed by atoms with Gasteiger partial charge in [-0.05, 0) is 31.6 Å². The molecule has 0 bridgehead atoms. The highest BCUT2D eigenvalue weighted by Gasteiger charge is 2.30. The lowest BCUT2D eigenvalue weighted by Gasteiger charge is -2.18. The van der Waals surface area contributed by atoms with Gasteiger partial charge < -0.3 is 10.2 Å². The number of nitrogens with one attached hydrogen (secondary N) is 1. The minimum absolute atomic E-state index is 0.0556. The van der Waals surface area contributed by atoms with Crippen LogP contribution < -0.4 is 10.2 Å². The molecule has 2 aromatic rings. The summed E-state index contributed by atoms with van der Waals surface area (Å²) in [6.45, 7) is 1.40. The Kier molecular flexibility index (Phi) is 3.81. The Balaban J connectivity index is 1.78. The summed E-state index contributed by atoms with van der Waals surface area (Å²) in [5, 5.41) is 4.81. The number of carbonyl (C=O) groups is 2. The number of nitrogens with zero attached hydrogens (tertiary/aromatic N) is 2. The first-order chi connectivity index (χ1) is 10.6. The Morgan fingerprint density at radius 1 is 1.18 bits per heavy atom. The Morgan fingerprint density at radius 2 is 1.91 bits per heavy atom. The molecule has 1 aliphatic rings. The van der Waals surface area contributed by atoms with Gasteiger partial charge >= 0.3 is 0 Å². The van der Waals surface area contributed by atoms with Crippen molar-refractivity contribution in [1.82, 2.24) is 10.2 Å². The van der Waals surface area contributed by atoms with Gasteiger partial charge in [0.2, 0.25) is 5.91 Å². The lowest BCUT2D eigenvalue weighted by Crippen LogP contribution is -2.41. The SMILES string of the molecule is CN(C)CCNC(=O)CN1C(=O)c2cccc3cccc1c23. The Morgan fingerprint density at radius 3 is 2.64 bits per heavy atom. The van der Waals surface area contributed by atoms with Gasteiger partial charge in [0.1, 0.15) is 6.54 Å². The van der Waals surface area contributed by atoms with Gasteiger partial charge in [-0.1, -0.05) is 24.3 Å². The Labute approximate surface area is 129 Å². The summed E-state index contributed by atoms with van der Waals surface area (Å²) in [4.78, 5) is 28.2. The van der Waals surface area contributed by atoms with E-state index in [1.165, 1.54) is 0 Å². The van der Waals surface area contributed by atoms with E-state index in [-0.39, 0.29) is 18.4 Å². The maximum absolute atomic E-state index is 12.5. The Hall–Kier alpha value is -2.40. The van der Waals surface area contributed by atoms with Crippen molar-refractivity contribution < 1.29 is 9.59 Å². The van der Waals surface area contributed by atoms with Crippen LogP contribution in [-0.4, -0.2) is 50.4 Å². The molecule has 1 heterocycles. The molecule has 0 saturated carbocycles. The summed E-state index contributed by atoms with van der Waals surface area (Å²) in [6.07, 6.45) is 0. The maximum atomic E-state index is 12.5. The molecule has 5 heteroatoms. The summed E-state index contributed by atoms with van der Waals surface area (Å²) in [5.74, 6) is -0.241. The average Bonchev–Trinajstić information content (AvgIpc) is 2.75. The van der Waals surface area contributed by atoms with E-state index >= 15 is 0 Å². The second kappa shape index (κ2) is 5.77. The van der Waals surface area contributed by atoms with Crippen LogP contribution in [0.3, 0.4) is 0 Å². The molecule has 0 saturated heterocycles. The van der Waals surface area contributed by atoms with Gasteiger partial charge in [0, 0.05) is 24.0 Å². The van der Waals surface area contributed by atoms with Crippen molar-refractivity contribution >= 4 is 28.3 Å². The van der Waals surface area contributed by atoms with E-state index < -0.39 is 0 Å². The molecule has 1 N–H and O–H groups in total. The van der Waals surface area contributed by atoms with Crippen LogP contribution in [0.1, 0.15) is 10.4 Å². The monoisotopic (exact) mass is 297 g/mol. The molecule has 1 aliphatic heterocycles. The van der Waals surface area contributed by atoms with Gasteiger partial charge in [0.25, 0.3) is 5.91 Å². The molecular formula is C17H19N3O2. The zero-order chi connectivity index (χ0) is 15.7. The summed E-state index contributed by atoms with van der Waals surface area (Å²) in [7, 11) is 3.90. The highest BCUT2D eigenvalue weighted by atomic mass is 16.2. The van der Waals surface area contributed by atoms with Crippen molar-refractivity contribution in [3.05, 3.63) is 42.0 Å². The first-order valence-electron chi connectivity index (χ1n) is 7.33. The average molecular weight is 297 g/mol. The number of amides is 2. The fourth-order valence-electron chi connectivity index (χ4n) is 2.75. The van der Waals surface area contributed by atoms with Crippen LogP contribution in [0.5, 0.6) is 0 Å². The van der Waals surface area contributed by atoms with Crippen LogP contribution in [0.15, 0.2) is 36.4 Å². The molecule has 0 radical (unpaired) electrons. The van der Waals surface area contributed by atoms with E-state index in [1.54, 1.807) is 4.90 Å². The second-order valence-electron chi connectivity index (χ2n) is 5.73.